The summed E-state index contributed by atoms with van der Waals surface area (Å²) in [4.78, 5) is 4.06. The molecule has 0 aliphatic carbocycles. The first-order valence-electron chi connectivity index (χ1n) is 8.82. The first kappa shape index (κ1) is 22.6. The topological polar surface area (TPSA) is 45.7 Å². The van der Waals surface area contributed by atoms with Crippen molar-refractivity contribution in [3.05, 3.63) is 70.8 Å². The van der Waals surface area contributed by atoms with Crippen LogP contribution in [0.2, 0.25) is 0 Å². The summed E-state index contributed by atoms with van der Waals surface area (Å²) < 4.78 is 68.1. The van der Waals surface area contributed by atoms with Crippen LogP contribution in [0.15, 0.2) is 47.5 Å². The summed E-state index contributed by atoms with van der Waals surface area (Å²) in [6, 6.07) is 9.80. The maximum Gasteiger partial charge on any atom is 0.411 e. The monoisotopic (exact) mass is 415 g/mol. The van der Waals surface area contributed by atoms with Gasteiger partial charge in [-0.05, 0) is 24.1 Å². The molecule has 0 bridgehead atoms. The van der Waals surface area contributed by atoms with Gasteiger partial charge in [-0.3, -0.25) is 4.99 Å². The summed E-state index contributed by atoms with van der Waals surface area (Å²) >= 11 is 0. The van der Waals surface area contributed by atoms with Crippen LogP contribution in [0.4, 0.5) is 22.0 Å². The van der Waals surface area contributed by atoms with Gasteiger partial charge in [0, 0.05) is 25.2 Å². The number of nitrogens with zero attached hydrogens (tertiary/aromatic N) is 1. The highest BCUT2D eigenvalue weighted by Gasteiger charge is 2.27. The molecule has 2 N–H and O–H groups in total. The molecule has 0 aliphatic heterocycles. The van der Waals surface area contributed by atoms with Gasteiger partial charge in [0.05, 0.1) is 12.6 Å². The van der Waals surface area contributed by atoms with Gasteiger partial charge in [0.25, 0.3) is 0 Å². The number of aliphatic imine (C=N–C) groups is 1. The highest BCUT2D eigenvalue weighted by molar-refractivity contribution is 5.80. The van der Waals surface area contributed by atoms with Crippen LogP contribution in [-0.4, -0.2) is 25.8 Å². The van der Waals surface area contributed by atoms with Crippen LogP contribution in [0.1, 0.15) is 29.7 Å². The molecule has 4 nitrogen and oxygen atoms in total. The number of guanidine groups is 1. The lowest BCUT2D eigenvalue weighted by Gasteiger charge is -2.19. The fourth-order valence-corrected chi connectivity index (χ4v) is 2.63. The summed E-state index contributed by atoms with van der Waals surface area (Å²) in [5.74, 6) is -0.924. The second kappa shape index (κ2) is 10.2. The average molecular weight is 415 g/mol. The summed E-state index contributed by atoms with van der Waals surface area (Å²) in [5.41, 5.74) is 1.71. The van der Waals surface area contributed by atoms with Gasteiger partial charge in [-0.15, -0.1) is 0 Å². The Bertz CT molecular complexity index is 839. The van der Waals surface area contributed by atoms with Crippen molar-refractivity contribution < 1.29 is 26.7 Å². The Kier molecular flexibility index (Phi) is 7.95. The molecule has 1 atom stereocenters. The highest BCUT2D eigenvalue weighted by atomic mass is 19.4. The Morgan fingerprint density at radius 2 is 1.83 bits per heavy atom. The van der Waals surface area contributed by atoms with Crippen LogP contribution in [-0.2, 0) is 17.9 Å². The quantitative estimate of drug-likeness (QED) is 0.399. The van der Waals surface area contributed by atoms with Crippen molar-refractivity contribution in [2.75, 3.05) is 13.7 Å². The SMILES string of the molecule is CN=C(NCc1cccc(COCC(F)(F)F)c1)NC(C)c1ccc(F)cc1F. The minimum Gasteiger partial charge on any atom is -0.367 e. The number of nitrogens with one attached hydrogen (secondary N) is 2. The van der Waals surface area contributed by atoms with Gasteiger partial charge >= 0.3 is 6.18 Å². The molecule has 0 spiro atoms. The van der Waals surface area contributed by atoms with E-state index in [9.17, 15) is 22.0 Å². The van der Waals surface area contributed by atoms with Crippen LogP contribution in [0.25, 0.3) is 0 Å². The molecule has 0 amide bonds. The Morgan fingerprint density at radius 1 is 1.10 bits per heavy atom. The number of rotatable bonds is 7. The van der Waals surface area contributed by atoms with E-state index < -0.39 is 30.5 Å². The van der Waals surface area contributed by atoms with E-state index >= 15 is 0 Å². The fourth-order valence-electron chi connectivity index (χ4n) is 2.63. The number of hydrogen-bond acceptors (Lipinski definition) is 2. The Labute approximate surface area is 165 Å². The largest absolute Gasteiger partial charge is 0.411 e. The molecule has 0 saturated carbocycles. The summed E-state index contributed by atoms with van der Waals surface area (Å²) in [5, 5.41) is 6.05. The third-order valence-electron chi connectivity index (χ3n) is 3.99. The second-order valence-electron chi connectivity index (χ2n) is 6.39. The molecule has 0 saturated heterocycles. The van der Waals surface area contributed by atoms with Crippen LogP contribution in [0.3, 0.4) is 0 Å². The minimum absolute atomic E-state index is 0.152. The molecule has 0 aromatic heterocycles. The maximum atomic E-state index is 13.9. The zero-order valence-corrected chi connectivity index (χ0v) is 16.0. The lowest BCUT2D eigenvalue weighted by Crippen LogP contribution is -2.38. The van der Waals surface area contributed by atoms with Crippen molar-refractivity contribution in [2.24, 2.45) is 4.99 Å². The van der Waals surface area contributed by atoms with Gasteiger partial charge in [0.15, 0.2) is 5.96 Å². The molecule has 0 radical (unpaired) electrons. The fraction of sp³-hybridized carbons (Fsp3) is 0.350. The van der Waals surface area contributed by atoms with Gasteiger partial charge in [-0.25, -0.2) is 8.78 Å². The third-order valence-corrected chi connectivity index (χ3v) is 3.99. The number of alkyl halides is 3. The van der Waals surface area contributed by atoms with Gasteiger partial charge < -0.3 is 15.4 Å². The first-order chi connectivity index (χ1) is 13.7. The lowest BCUT2D eigenvalue weighted by molar-refractivity contribution is -0.176. The van der Waals surface area contributed by atoms with Crippen LogP contribution < -0.4 is 10.6 Å². The number of ether oxygens (including phenoxy) is 1. The van der Waals surface area contributed by atoms with Gasteiger partial charge in [0.1, 0.15) is 18.2 Å². The molecule has 0 aliphatic rings. The first-order valence-corrected chi connectivity index (χ1v) is 8.82. The Balaban J connectivity index is 1.91. The zero-order chi connectivity index (χ0) is 21.4. The molecule has 1 unspecified atom stereocenters. The van der Waals surface area contributed by atoms with E-state index in [4.69, 9.17) is 0 Å². The minimum atomic E-state index is -4.36. The zero-order valence-electron chi connectivity index (χ0n) is 16.0. The molecule has 2 aromatic carbocycles. The van der Waals surface area contributed by atoms with Gasteiger partial charge in [-0.2, -0.15) is 13.2 Å². The highest BCUT2D eigenvalue weighted by Crippen LogP contribution is 2.18. The number of halogens is 5. The van der Waals surface area contributed by atoms with Gasteiger partial charge in [-0.1, -0.05) is 30.3 Å². The second-order valence-corrected chi connectivity index (χ2v) is 6.39. The summed E-state index contributed by atoms with van der Waals surface area (Å²) in [6.45, 7) is 0.596. The molecule has 158 valence electrons. The van der Waals surface area contributed by atoms with Crippen molar-refractivity contribution >= 4 is 5.96 Å². The average Bonchev–Trinajstić information content (AvgIpc) is 2.64. The molecular weight excluding hydrogens is 393 g/mol. The summed E-state index contributed by atoms with van der Waals surface area (Å²) in [7, 11) is 1.55. The van der Waals surface area contributed by atoms with E-state index in [1.54, 1.807) is 38.2 Å². The Hall–Kier alpha value is -2.68. The molecule has 0 fully saturated rings. The van der Waals surface area contributed by atoms with Crippen LogP contribution >= 0.6 is 0 Å². The lowest BCUT2D eigenvalue weighted by atomic mass is 10.1. The molecule has 9 heteroatoms. The third kappa shape index (κ3) is 7.69. The molecule has 29 heavy (non-hydrogen) atoms. The van der Waals surface area contributed by atoms with Crippen molar-refractivity contribution in [2.45, 2.75) is 32.3 Å². The van der Waals surface area contributed by atoms with E-state index in [0.29, 0.717) is 18.1 Å². The van der Waals surface area contributed by atoms with Crippen molar-refractivity contribution in [1.82, 2.24) is 10.6 Å². The molecule has 2 aromatic rings. The van der Waals surface area contributed by atoms with E-state index in [1.165, 1.54) is 12.1 Å². The van der Waals surface area contributed by atoms with E-state index in [-0.39, 0.29) is 12.2 Å². The standard InChI is InChI=1S/C20H22F5N3O/c1-13(17-7-6-16(21)9-18(17)22)28-19(26-2)27-10-14-4-3-5-15(8-14)11-29-12-20(23,24)25/h3-9,13H,10-12H2,1-2H3,(H2,26,27,28). The van der Waals surface area contributed by atoms with E-state index in [2.05, 4.69) is 20.4 Å². The summed E-state index contributed by atoms with van der Waals surface area (Å²) in [6.07, 6.45) is -4.36. The van der Waals surface area contributed by atoms with Crippen LogP contribution in [0, 0.1) is 11.6 Å². The Morgan fingerprint density at radius 3 is 2.48 bits per heavy atom. The number of hydrogen-bond donors (Lipinski definition) is 2. The molecule has 2 rings (SSSR count). The van der Waals surface area contributed by atoms with Crippen molar-refractivity contribution in [1.29, 1.82) is 0 Å². The predicted octanol–water partition coefficient (Wildman–Crippen LogP) is 4.47. The molecular formula is C20H22F5N3O. The maximum absolute atomic E-state index is 13.9. The van der Waals surface area contributed by atoms with Crippen molar-refractivity contribution in [3.8, 4) is 0 Å². The van der Waals surface area contributed by atoms with Crippen LogP contribution in [0.5, 0.6) is 0 Å². The number of benzene rings is 2. The predicted molar refractivity (Wildman–Crippen MR) is 100 cm³/mol. The molecule has 0 heterocycles. The van der Waals surface area contributed by atoms with Crippen molar-refractivity contribution in [3.63, 3.8) is 0 Å². The van der Waals surface area contributed by atoms with E-state index in [0.717, 1.165) is 11.6 Å². The van der Waals surface area contributed by atoms with E-state index in [1.807, 2.05) is 0 Å². The smallest absolute Gasteiger partial charge is 0.367 e. The normalized spacial score (nSPS) is 13.3. The van der Waals surface area contributed by atoms with Gasteiger partial charge in [0.2, 0.25) is 0 Å².